The van der Waals surface area contributed by atoms with Gasteiger partial charge in [0.25, 0.3) is 0 Å². The van der Waals surface area contributed by atoms with Crippen molar-refractivity contribution in [1.82, 2.24) is 15.5 Å². The minimum absolute atomic E-state index is 0.114. The number of nitrogens with one attached hydrogen (secondary N) is 2. The Balaban J connectivity index is 1.54. The molecule has 0 aliphatic carbocycles. The molecule has 4 saturated heterocycles. The van der Waals surface area contributed by atoms with E-state index >= 15 is 0 Å². The smallest absolute Gasteiger partial charge is 0.239 e. The van der Waals surface area contributed by atoms with Crippen LogP contribution in [0.1, 0.15) is 12.8 Å². The van der Waals surface area contributed by atoms with Crippen LogP contribution in [0.4, 0.5) is 0 Å². The van der Waals surface area contributed by atoms with Gasteiger partial charge in [-0.25, -0.2) is 0 Å². The number of hydrogen-bond acceptors (Lipinski definition) is 4. The van der Waals surface area contributed by atoms with Crippen LogP contribution in [-0.2, 0) is 9.53 Å². The zero-order chi connectivity index (χ0) is 11.7. The van der Waals surface area contributed by atoms with Gasteiger partial charge in [-0.2, -0.15) is 0 Å². The summed E-state index contributed by atoms with van der Waals surface area (Å²) in [6.07, 6.45) is 2.47. The van der Waals surface area contributed by atoms with E-state index in [1.165, 1.54) is 25.9 Å². The number of fused-ring (bicyclic) bond motifs is 3. The van der Waals surface area contributed by atoms with Crippen molar-refractivity contribution in [2.75, 3.05) is 39.4 Å². The summed E-state index contributed by atoms with van der Waals surface area (Å²) in [5.74, 6) is 0.803. The number of amides is 1. The lowest BCUT2D eigenvalue weighted by Crippen LogP contribution is -2.61. The molecular weight excluding hydrogens is 218 g/mol. The van der Waals surface area contributed by atoms with Crippen LogP contribution >= 0.6 is 0 Å². The summed E-state index contributed by atoms with van der Waals surface area (Å²) in [6.45, 7) is 5.45. The van der Waals surface area contributed by atoms with Crippen molar-refractivity contribution in [3.05, 3.63) is 0 Å². The standard InChI is InChI=1S/C12H21N3O2/c16-12(11-8-17-6-3-13-11)14-10-7-15-4-1-9(10)2-5-15/h9-11,13H,1-8H2,(H,14,16). The molecule has 2 atom stereocenters. The third-order valence-corrected chi connectivity index (χ3v) is 4.22. The van der Waals surface area contributed by atoms with E-state index in [9.17, 15) is 4.79 Å². The van der Waals surface area contributed by atoms with Crippen LogP contribution in [0, 0.1) is 5.92 Å². The predicted octanol–water partition coefficient (Wildman–Crippen LogP) is -0.815. The molecule has 4 heterocycles. The van der Waals surface area contributed by atoms with Crippen molar-refractivity contribution in [3.63, 3.8) is 0 Å². The molecule has 2 bridgehead atoms. The van der Waals surface area contributed by atoms with Gasteiger partial charge in [0.2, 0.25) is 5.91 Å². The molecule has 4 fully saturated rings. The van der Waals surface area contributed by atoms with Gasteiger partial charge in [0, 0.05) is 19.1 Å². The van der Waals surface area contributed by atoms with E-state index in [4.69, 9.17) is 4.74 Å². The maximum Gasteiger partial charge on any atom is 0.239 e. The molecule has 0 aromatic rings. The van der Waals surface area contributed by atoms with E-state index in [1.54, 1.807) is 0 Å². The SMILES string of the molecule is O=C(NC1CN2CCC1CC2)C1COCCN1. The highest BCUT2D eigenvalue weighted by atomic mass is 16.5. The van der Waals surface area contributed by atoms with Crippen LogP contribution in [0.25, 0.3) is 0 Å². The molecule has 4 aliphatic heterocycles. The Hall–Kier alpha value is -0.650. The fourth-order valence-electron chi connectivity index (χ4n) is 3.15. The summed E-state index contributed by atoms with van der Waals surface area (Å²) >= 11 is 0. The average molecular weight is 239 g/mol. The minimum atomic E-state index is -0.154. The van der Waals surface area contributed by atoms with Gasteiger partial charge in [0.15, 0.2) is 0 Å². The van der Waals surface area contributed by atoms with Gasteiger partial charge in [-0.05, 0) is 31.8 Å². The molecule has 4 aliphatic rings. The average Bonchev–Trinajstić information content (AvgIpc) is 2.41. The van der Waals surface area contributed by atoms with Crippen LogP contribution < -0.4 is 10.6 Å². The van der Waals surface area contributed by atoms with Gasteiger partial charge in [-0.1, -0.05) is 0 Å². The first-order valence-corrected chi connectivity index (χ1v) is 6.67. The van der Waals surface area contributed by atoms with Gasteiger partial charge >= 0.3 is 0 Å². The van der Waals surface area contributed by atoms with Crippen molar-refractivity contribution in [3.8, 4) is 0 Å². The predicted molar refractivity (Wildman–Crippen MR) is 63.7 cm³/mol. The summed E-state index contributed by atoms with van der Waals surface area (Å²) in [4.78, 5) is 14.5. The van der Waals surface area contributed by atoms with Crippen molar-refractivity contribution in [1.29, 1.82) is 0 Å². The van der Waals surface area contributed by atoms with Crippen LogP contribution in [0.3, 0.4) is 0 Å². The summed E-state index contributed by atoms with van der Waals surface area (Å²) in [6, 6.07) is 0.202. The molecule has 0 aromatic heterocycles. The molecule has 17 heavy (non-hydrogen) atoms. The highest BCUT2D eigenvalue weighted by molar-refractivity contribution is 5.82. The third-order valence-electron chi connectivity index (χ3n) is 4.22. The molecule has 2 N–H and O–H groups in total. The zero-order valence-corrected chi connectivity index (χ0v) is 10.2. The topological polar surface area (TPSA) is 53.6 Å². The summed E-state index contributed by atoms with van der Waals surface area (Å²) < 4.78 is 5.32. The zero-order valence-electron chi connectivity index (χ0n) is 10.2. The number of rotatable bonds is 2. The Bertz CT molecular complexity index is 283. The van der Waals surface area contributed by atoms with E-state index in [0.29, 0.717) is 25.2 Å². The van der Waals surface area contributed by atoms with E-state index in [2.05, 4.69) is 15.5 Å². The number of ether oxygens (including phenoxy) is 1. The molecule has 0 saturated carbocycles. The van der Waals surface area contributed by atoms with E-state index < -0.39 is 0 Å². The summed E-state index contributed by atoms with van der Waals surface area (Å²) in [7, 11) is 0. The molecule has 1 amide bonds. The Morgan fingerprint density at radius 3 is 2.76 bits per heavy atom. The van der Waals surface area contributed by atoms with Crippen LogP contribution in [0.5, 0.6) is 0 Å². The van der Waals surface area contributed by atoms with E-state index in [1.807, 2.05) is 0 Å². The molecule has 0 aromatic carbocycles. The Morgan fingerprint density at radius 2 is 2.18 bits per heavy atom. The van der Waals surface area contributed by atoms with Crippen molar-refractivity contribution in [2.45, 2.75) is 24.9 Å². The van der Waals surface area contributed by atoms with Gasteiger partial charge in [0.05, 0.1) is 13.2 Å². The first-order valence-electron chi connectivity index (χ1n) is 6.67. The number of hydrogen-bond donors (Lipinski definition) is 2. The van der Waals surface area contributed by atoms with Crippen molar-refractivity contribution >= 4 is 5.91 Å². The maximum absolute atomic E-state index is 12.1. The normalized spacial score (nSPS) is 41.2. The lowest BCUT2D eigenvalue weighted by Gasteiger charge is -2.45. The molecule has 0 radical (unpaired) electrons. The fourth-order valence-corrected chi connectivity index (χ4v) is 3.15. The monoisotopic (exact) mass is 239 g/mol. The Labute approximate surface area is 102 Å². The van der Waals surface area contributed by atoms with E-state index in [-0.39, 0.29) is 11.9 Å². The largest absolute Gasteiger partial charge is 0.378 e. The van der Waals surface area contributed by atoms with Gasteiger partial charge in [-0.15, -0.1) is 0 Å². The second kappa shape index (κ2) is 4.92. The first-order chi connectivity index (χ1) is 8.33. The fraction of sp³-hybridized carbons (Fsp3) is 0.917. The van der Waals surface area contributed by atoms with Gasteiger partial charge in [-0.3, -0.25) is 4.79 Å². The molecule has 0 spiro atoms. The molecule has 5 heteroatoms. The Morgan fingerprint density at radius 1 is 1.35 bits per heavy atom. The third kappa shape index (κ3) is 2.46. The second-order valence-corrected chi connectivity index (χ2v) is 5.33. The lowest BCUT2D eigenvalue weighted by molar-refractivity contribution is -0.128. The van der Waals surface area contributed by atoms with Crippen molar-refractivity contribution in [2.24, 2.45) is 5.92 Å². The molecule has 4 rings (SSSR count). The lowest BCUT2D eigenvalue weighted by atomic mass is 9.84. The quantitative estimate of drug-likeness (QED) is 0.661. The van der Waals surface area contributed by atoms with Gasteiger partial charge < -0.3 is 20.3 Å². The second-order valence-electron chi connectivity index (χ2n) is 5.33. The molecular formula is C12H21N3O2. The highest BCUT2D eigenvalue weighted by Crippen LogP contribution is 2.27. The van der Waals surface area contributed by atoms with Crippen LogP contribution in [0.2, 0.25) is 0 Å². The number of carbonyl (C=O) groups is 1. The number of carbonyl (C=O) groups excluding carboxylic acids is 1. The minimum Gasteiger partial charge on any atom is -0.378 e. The number of nitrogens with zero attached hydrogens (tertiary/aromatic N) is 1. The van der Waals surface area contributed by atoms with Gasteiger partial charge in [0.1, 0.15) is 6.04 Å². The summed E-state index contributed by atoms with van der Waals surface area (Å²) in [5, 5.41) is 6.40. The highest BCUT2D eigenvalue weighted by Gasteiger charge is 2.36. The molecule has 2 unspecified atom stereocenters. The molecule has 5 nitrogen and oxygen atoms in total. The Kier molecular flexibility index (Phi) is 3.31. The number of piperidine rings is 3. The molecule has 96 valence electrons. The first kappa shape index (κ1) is 11.4. The van der Waals surface area contributed by atoms with Crippen LogP contribution in [0.15, 0.2) is 0 Å². The maximum atomic E-state index is 12.1. The van der Waals surface area contributed by atoms with E-state index in [0.717, 1.165) is 13.1 Å². The summed E-state index contributed by atoms with van der Waals surface area (Å²) in [5.41, 5.74) is 0. The number of morpholine rings is 1. The van der Waals surface area contributed by atoms with Crippen molar-refractivity contribution < 1.29 is 9.53 Å². The van der Waals surface area contributed by atoms with Crippen LogP contribution in [-0.4, -0.2) is 62.3 Å².